The van der Waals surface area contributed by atoms with Gasteiger partial charge in [0.15, 0.2) is 5.76 Å². The molecule has 0 saturated carbocycles. The lowest BCUT2D eigenvalue weighted by Crippen LogP contribution is -2.01. The van der Waals surface area contributed by atoms with E-state index in [4.69, 9.17) is 4.42 Å². The predicted octanol–water partition coefficient (Wildman–Crippen LogP) is 2.81. The molecule has 0 amide bonds. The monoisotopic (exact) mass is 269 g/mol. The molecular formula is C10H5BrFNO2. The summed E-state index contributed by atoms with van der Waals surface area (Å²) in [5, 5.41) is 0. The summed E-state index contributed by atoms with van der Waals surface area (Å²) in [5.74, 6) is -0.815. The number of pyridine rings is 1. The number of nitrogens with zero attached hydrogens (tertiary/aromatic N) is 1. The zero-order chi connectivity index (χ0) is 10.8. The molecule has 2 heterocycles. The minimum absolute atomic E-state index is 0.141. The van der Waals surface area contributed by atoms with Crippen molar-refractivity contribution >= 4 is 21.7 Å². The second kappa shape index (κ2) is 3.94. The maximum Gasteiger partial charge on any atom is 0.231 e. The highest BCUT2D eigenvalue weighted by Gasteiger charge is 2.16. The van der Waals surface area contributed by atoms with Crippen LogP contribution < -0.4 is 0 Å². The first-order valence-electron chi connectivity index (χ1n) is 4.07. The van der Waals surface area contributed by atoms with Gasteiger partial charge in [-0.1, -0.05) is 0 Å². The molecule has 2 rings (SSSR count). The molecule has 0 unspecified atom stereocenters. The highest BCUT2D eigenvalue weighted by molar-refractivity contribution is 9.10. The summed E-state index contributed by atoms with van der Waals surface area (Å²) in [6.07, 6.45) is 3.71. The fourth-order valence-electron chi connectivity index (χ4n) is 1.12. The molecule has 5 heteroatoms. The molecule has 0 aliphatic rings. The topological polar surface area (TPSA) is 43.1 Å². The van der Waals surface area contributed by atoms with Crippen LogP contribution in [0.2, 0.25) is 0 Å². The normalized spacial score (nSPS) is 10.3. The quantitative estimate of drug-likeness (QED) is 0.788. The van der Waals surface area contributed by atoms with Crippen molar-refractivity contribution in [3.8, 4) is 0 Å². The number of hydrogen-bond donors (Lipinski definition) is 0. The van der Waals surface area contributed by atoms with Crippen LogP contribution >= 0.6 is 15.9 Å². The Morgan fingerprint density at radius 1 is 1.47 bits per heavy atom. The Morgan fingerprint density at radius 2 is 2.27 bits per heavy atom. The Bertz CT molecular complexity index is 510. The molecule has 0 spiro atoms. The second-order valence-corrected chi connectivity index (χ2v) is 3.67. The SMILES string of the molecule is O=C(c1cncc(F)c1)c1occc1Br. The summed E-state index contributed by atoms with van der Waals surface area (Å²) >= 11 is 3.15. The van der Waals surface area contributed by atoms with Crippen LogP contribution in [0.1, 0.15) is 16.1 Å². The van der Waals surface area contributed by atoms with Crippen molar-refractivity contribution in [1.29, 1.82) is 0 Å². The number of ketones is 1. The molecule has 0 aliphatic heterocycles. The summed E-state index contributed by atoms with van der Waals surface area (Å²) in [5.41, 5.74) is 0.158. The van der Waals surface area contributed by atoms with Gasteiger partial charge in [0.25, 0.3) is 0 Å². The van der Waals surface area contributed by atoms with E-state index in [2.05, 4.69) is 20.9 Å². The number of hydrogen-bond acceptors (Lipinski definition) is 3. The fraction of sp³-hybridized carbons (Fsp3) is 0. The molecule has 3 nitrogen and oxygen atoms in total. The van der Waals surface area contributed by atoms with E-state index in [0.29, 0.717) is 4.47 Å². The Kier molecular flexibility index (Phi) is 2.64. The van der Waals surface area contributed by atoms with E-state index < -0.39 is 11.6 Å². The first kappa shape index (κ1) is 10.0. The molecule has 0 aromatic carbocycles. The second-order valence-electron chi connectivity index (χ2n) is 2.82. The Hall–Kier alpha value is -1.49. The van der Waals surface area contributed by atoms with Crippen LogP contribution in [0.25, 0.3) is 0 Å². The van der Waals surface area contributed by atoms with Crippen molar-refractivity contribution in [1.82, 2.24) is 4.98 Å². The third kappa shape index (κ3) is 1.97. The number of furan rings is 1. The highest BCUT2D eigenvalue weighted by Crippen LogP contribution is 2.20. The Balaban J connectivity index is 2.41. The Morgan fingerprint density at radius 3 is 2.87 bits per heavy atom. The fourth-order valence-corrected chi connectivity index (χ4v) is 1.50. The van der Waals surface area contributed by atoms with E-state index in [1.807, 2.05) is 0 Å². The van der Waals surface area contributed by atoms with Gasteiger partial charge in [0, 0.05) is 11.8 Å². The lowest BCUT2D eigenvalue weighted by atomic mass is 10.1. The average Bonchev–Trinajstić information content (AvgIpc) is 2.63. The molecule has 0 radical (unpaired) electrons. The predicted molar refractivity (Wildman–Crippen MR) is 54.0 cm³/mol. The van der Waals surface area contributed by atoms with Crippen LogP contribution in [0.4, 0.5) is 4.39 Å². The van der Waals surface area contributed by atoms with Crippen LogP contribution in [0, 0.1) is 5.82 Å². The lowest BCUT2D eigenvalue weighted by molar-refractivity contribution is 0.101. The number of halogens is 2. The van der Waals surface area contributed by atoms with Crippen molar-refractivity contribution < 1.29 is 13.6 Å². The standard InChI is InChI=1S/C10H5BrFNO2/c11-8-1-2-15-10(8)9(14)6-3-7(12)5-13-4-6/h1-5H. The number of aromatic nitrogens is 1. The molecule has 0 atom stereocenters. The van der Waals surface area contributed by atoms with Gasteiger partial charge in [-0.05, 0) is 28.1 Å². The van der Waals surface area contributed by atoms with Crippen LogP contribution in [0.3, 0.4) is 0 Å². The molecule has 0 fully saturated rings. The molecule has 15 heavy (non-hydrogen) atoms. The van der Waals surface area contributed by atoms with Crippen molar-refractivity contribution in [2.24, 2.45) is 0 Å². The van der Waals surface area contributed by atoms with Crippen LogP contribution in [-0.4, -0.2) is 10.8 Å². The highest BCUT2D eigenvalue weighted by atomic mass is 79.9. The van der Waals surface area contributed by atoms with Gasteiger partial charge in [-0.2, -0.15) is 0 Å². The third-order valence-electron chi connectivity index (χ3n) is 1.79. The molecule has 0 N–H and O–H groups in total. The van der Waals surface area contributed by atoms with Crippen molar-refractivity contribution in [2.45, 2.75) is 0 Å². The maximum absolute atomic E-state index is 12.8. The largest absolute Gasteiger partial charge is 0.460 e. The summed E-state index contributed by atoms with van der Waals surface area (Å²) < 4.78 is 18.3. The molecule has 2 aromatic rings. The first-order chi connectivity index (χ1) is 7.18. The molecule has 76 valence electrons. The van der Waals surface area contributed by atoms with Gasteiger partial charge in [-0.15, -0.1) is 0 Å². The van der Waals surface area contributed by atoms with Crippen molar-refractivity contribution in [3.63, 3.8) is 0 Å². The molecule has 2 aromatic heterocycles. The van der Waals surface area contributed by atoms with E-state index in [1.54, 1.807) is 6.07 Å². The minimum atomic E-state index is -0.552. The third-order valence-corrected chi connectivity index (χ3v) is 2.41. The van der Waals surface area contributed by atoms with Crippen LogP contribution in [-0.2, 0) is 0 Å². The zero-order valence-electron chi connectivity index (χ0n) is 7.41. The van der Waals surface area contributed by atoms with E-state index in [-0.39, 0.29) is 11.3 Å². The van der Waals surface area contributed by atoms with Gasteiger partial charge < -0.3 is 4.42 Å². The number of rotatable bonds is 2. The van der Waals surface area contributed by atoms with Crippen molar-refractivity contribution in [3.05, 3.63) is 52.4 Å². The van der Waals surface area contributed by atoms with Gasteiger partial charge in [0.2, 0.25) is 5.78 Å². The van der Waals surface area contributed by atoms with Crippen LogP contribution in [0.5, 0.6) is 0 Å². The summed E-state index contributed by atoms with van der Waals surface area (Å²) in [4.78, 5) is 15.3. The summed E-state index contributed by atoms with van der Waals surface area (Å²) in [7, 11) is 0. The van der Waals surface area contributed by atoms with Gasteiger partial charge in [0.1, 0.15) is 5.82 Å². The minimum Gasteiger partial charge on any atom is -0.460 e. The van der Waals surface area contributed by atoms with E-state index in [1.165, 1.54) is 12.5 Å². The molecule has 0 saturated heterocycles. The summed E-state index contributed by atoms with van der Waals surface area (Å²) in [6, 6.07) is 2.71. The lowest BCUT2D eigenvalue weighted by Gasteiger charge is -1.97. The molecule has 0 bridgehead atoms. The number of carbonyl (C=O) groups is 1. The summed E-state index contributed by atoms with van der Waals surface area (Å²) in [6.45, 7) is 0. The Labute approximate surface area is 93.1 Å². The number of carbonyl (C=O) groups excluding carboxylic acids is 1. The van der Waals surface area contributed by atoms with Crippen LogP contribution in [0.15, 0.2) is 39.7 Å². The zero-order valence-corrected chi connectivity index (χ0v) is 8.99. The first-order valence-corrected chi connectivity index (χ1v) is 4.86. The molecule has 0 aliphatic carbocycles. The van der Waals surface area contributed by atoms with Gasteiger partial charge >= 0.3 is 0 Å². The van der Waals surface area contributed by atoms with Gasteiger partial charge in [-0.3, -0.25) is 9.78 Å². The van der Waals surface area contributed by atoms with Crippen molar-refractivity contribution in [2.75, 3.05) is 0 Å². The maximum atomic E-state index is 12.8. The molecular weight excluding hydrogens is 265 g/mol. The van der Waals surface area contributed by atoms with Gasteiger partial charge in [-0.25, -0.2) is 4.39 Å². The smallest absolute Gasteiger partial charge is 0.231 e. The van der Waals surface area contributed by atoms with E-state index >= 15 is 0 Å². The van der Waals surface area contributed by atoms with E-state index in [9.17, 15) is 9.18 Å². The van der Waals surface area contributed by atoms with Gasteiger partial charge in [0.05, 0.1) is 16.9 Å². The average molecular weight is 270 g/mol. The van der Waals surface area contributed by atoms with E-state index in [0.717, 1.165) is 12.3 Å².